The van der Waals surface area contributed by atoms with Crippen molar-refractivity contribution in [3.63, 3.8) is 0 Å². The van der Waals surface area contributed by atoms with E-state index in [1.54, 1.807) is 11.3 Å². The van der Waals surface area contributed by atoms with Crippen LogP contribution in [0.15, 0.2) is 17.5 Å². The molecule has 0 saturated heterocycles. The normalized spacial score (nSPS) is 20.2. The number of rotatable bonds is 6. The molecular formula is C14H23NOS. The predicted molar refractivity (Wildman–Crippen MR) is 73.3 cm³/mol. The molecule has 1 fully saturated rings. The molecule has 17 heavy (non-hydrogen) atoms. The third-order valence-electron chi connectivity index (χ3n) is 3.56. The Balaban J connectivity index is 1.91. The fraction of sp³-hybridized carbons (Fsp3) is 0.714. The van der Waals surface area contributed by atoms with E-state index in [1.165, 1.54) is 11.3 Å². The number of hydrogen-bond acceptors (Lipinski definition) is 3. The lowest BCUT2D eigenvalue weighted by atomic mass is 9.80. The van der Waals surface area contributed by atoms with Gasteiger partial charge in [-0.25, -0.2) is 0 Å². The summed E-state index contributed by atoms with van der Waals surface area (Å²) in [4.78, 5) is 1.39. The van der Waals surface area contributed by atoms with Crippen molar-refractivity contribution < 1.29 is 5.11 Å². The smallest absolute Gasteiger partial charge is 0.0771 e. The van der Waals surface area contributed by atoms with Crippen molar-refractivity contribution in [3.05, 3.63) is 22.4 Å². The van der Waals surface area contributed by atoms with E-state index in [2.05, 4.69) is 36.7 Å². The van der Waals surface area contributed by atoms with Crippen molar-refractivity contribution in [3.8, 4) is 0 Å². The van der Waals surface area contributed by atoms with E-state index in [0.717, 1.165) is 25.8 Å². The summed E-state index contributed by atoms with van der Waals surface area (Å²) in [7, 11) is 0. The maximum atomic E-state index is 10.1. The first-order chi connectivity index (χ1) is 8.09. The van der Waals surface area contributed by atoms with Gasteiger partial charge in [-0.1, -0.05) is 19.9 Å². The minimum Gasteiger partial charge on any atom is -0.389 e. The molecule has 2 nitrogen and oxygen atoms in total. The second-order valence-electron chi connectivity index (χ2n) is 5.66. The molecule has 96 valence electrons. The van der Waals surface area contributed by atoms with Crippen molar-refractivity contribution in [2.45, 2.75) is 51.2 Å². The third kappa shape index (κ3) is 3.54. The lowest BCUT2D eigenvalue weighted by Crippen LogP contribution is -2.47. The maximum Gasteiger partial charge on any atom is 0.0771 e. The molecule has 0 amide bonds. The van der Waals surface area contributed by atoms with E-state index in [1.807, 2.05) is 0 Å². The Bertz CT molecular complexity index is 330. The van der Waals surface area contributed by atoms with Gasteiger partial charge in [0.05, 0.1) is 5.60 Å². The molecule has 1 aliphatic carbocycles. The van der Waals surface area contributed by atoms with Crippen LogP contribution in [0.25, 0.3) is 0 Å². The topological polar surface area (TPSA) is 32.3 Å². The van der Waals surface area contributed by atoms with Crippen LogP contribution >= 0.6 is 11.3 Å². The van der Waals surface area contributed by atoms with Gasteiger partial charge in [-0.3, -0.25) is 0 Å². The second-order valence-corrected chi connectivity index (χ2v) is 6.64. The van der Waals surface area contributed by atoms with E-state index >= 15 is 0 Å². The molecule has 1 aromatic rings. The summed E-state index contributed by atoms with van der Waals surface area (Å²) in [5, 5.41) is 15.8. The van der Waals surface area contributed by atoms with E-state index in [0.29, 0.717) is 12.0 Å². The number of thiophene rings is 1. The third-order valence-corrected chi connectivity index (χ3v) is 4.54. The molecule has 1 unspecified atom stereocenters. The summed E-state index contributed by atoms with van der Waals surface area (Å²) in [5.41, 5.74) is -0.424. The molecule has 1 aromatic heterocycles. The Labute approximate surface area is 108 Å². The van der Waals surface area contributed by atoms with Crippen molar-refractivity contribution in [1.29, 1.82) is 0 Å². The molecule has 2 rings (SSSR count). The zero-order valence-corrected chi connectivity index (χ0v) is 11.6. The monoisotopic (exact) mass is 253 g/mol. The molecule has 0 aromatic carbocycles. The Morgan fingerprint density at radius 2 is 2.24 bits per heavy atom. The van der Waals surface area contributed by atoms with Gasteiger partial charge < -0.3 is 10.4 Å². The number of nitrogens with one attached hydrogen (secondary N) is 1. The van der Waals surface area contributed by atoms with Crippen LogP contribution < -0.4 is 5.32 Å². The SMILES string of the molecule is CC(C)CC(NCC1(O)CCC1)c1cccs1. The van der Waals surface area contributed by atoms with Crippen LogP contribution in [0.3, 0.4) is 0 Å². The van der Waals surface area contributed by atoms with Crippen LogP contribution in [-0.4, -0.2) is 17.3 Å². The first-order valence-electron chi connectivity index (χ1n) is 6.58. The quantitative estimate of drug-likeness (QED) is 0.815. The molecule has 1 atom stereocenters. The Hall–Kier alpha value is -0.380. The largest absolute Gasteiger partial charge is 0.389 e. The Morgan fingerprint density at radius 3 is 2.71 bits per heavy atom. The highest BCUT2D eigenvalue weighted by atomic mass is 32.1. The first-order valence-corrected chi connectivity index (χ1v) is 7.46. The molecule has 0 spiro atoms. The summed E-state index contributed by atoms with van der Waals surface area (Å²) >= 11 is 1.81. The van der Waals surface area contributed by atoms with Gasteiger partial charge in [-0.2, -0.15) is 0 Å². The Morgan fingerprint density at radius 1 is 1.47 bits per heavy atom. The fourth-order valence-corrected chi connectivity index (χ4v) is 3.15. The highest BCUT2D eigenvalue weighted by Gasteiger charge is 2.34. The molecule has 0 bridgehead atoms. The van der Waals surface area contributed by atoms with E-state index < -0.39 is 5.60 Å². The molecule has 1 heterocycles. The summed E-state index contributed by atoms with van der Waals surface area (Å²) in [6, 6.07) is 4.70. The van der Waals surface area contributed by atoms with Crippen LogP contribution in [0.4, 0.5) is 0 Å². The molecule has 2 N–H and O–H groups in total. The molecule has 0 radical (unpaired) electrons. The van der Waals surface area contributed by atoms with Gasteiger partial charge in [0.1, 0.15) is 0 Å². The minimum atomic E-state index is -0.424. The van der Waals surface area contributed by atoms with Crippen LogP contribution in [0.5, 0.6) is 0 Å². The van der Waals surface area contributed by atoms with Crippen molar-refractivity contribution >= 4 is 11.3 Å². The fourth-order valence-electron chi connectivity index (χ4n) is 2.34. The van der Waals surface area contributed by atoms with Crippen molar-refractivity contribution in [2.75, 3.05) is 6.54 Å². The Kier molecular flexibility index (Phi) is 4.23. The first kappa shape index (κ1) is 13.1. The van der Waals surface area contributed by atoms with Crippen LogP contribution in [0.2, 0.25) is 0 Å². The lowest BCUT2D eigenvalue weighted by Gasteiger charge is -2.38. The van der Waals surface area contributed by atoms with Crippen LogP contribution in [-0.2, 0) is 0 Å². The van der Waals surface area contributed by atoms with Gasteiger partial charge in [0.25, 0.3) is 0 Å². The summed E-state index contributed by atoms with van der Waals surface area (Å²) in [5.74, 6) is 0.672. The molecule has 1 aliphatic rings. The minimum absolute atomic E-state index is 0.402. The highest BCUT2D eigenvalue weighted by molar-refractivity contribution is 7.10. The van der Waals surface area contributed by atoms with Gasteiger partial charge in [-0.15, -0.1) is 11.3 Å². The molecule has 1 saturated carbocycles. The van der Waals surface area contributed by atoms with Crippen LogP contribution in [0, 0.1) is 5.92 Å². The van der Waals surface area contributed by atoms with Crippen LogP contribution in [0.1, 0.15) is 50.4 Å². The maximum absolute atomic E-state index is 10.1. The van der Waals surface area contributed by atoms with Gasteiger partial charge in [-0.05, 0) is 43.0 Å². The van der Waals surface area contributed by atoms with Crippen molar-refractivity contribution in [1.82, 2.24) is 5.32 Å². The lowest BCUT2D eigenvalue weighted by molar-refractivity contribution is -0.0336. The zero-order valence-electron chi connectivity index (χ0n) is 10.8. The number of hydrogen-bond donors (Lipinski definition) is 2. The van der Waals surface area contributed by atoms with Gasteiger partial charge >= 0.3 is 0 Å². The predicted octanol–water partition coefficient (Wildman–Crippen LogP) is 3.34. The standard InChI is InChI=1S/C14H23NOS/c1-11(2)9-12(13-5-3-8-17-13)15-10-14(16)6-4-7-14/h3,5,8,11-12,15-16H,4,6-7,9-10H2,1-2H3. The second kappa shape index (κ2) is 5.51. The summed E-state index contributed by atoms with van der Waals surface area (Å²) in [6.07, 6.45) is 4.22. The average Bonchev–Trinajstić information content (AvgIpc) is 2.74. The number of aliphatic hydroxyl groups is 1. The van der Waals surface area contributed by atoms with E-state index in [9.17, 15) is 5.11 Å². The molecular weight excluding hydrogens is 230 g/mol. The van der Waals surface area contributed by atoms with Gasteiger partial charge in [0.2, 0.25) is 0 Å². The van der Waals surface area contributed by atoms with Crippen molar-refractivity contribution in [2.24, 2.45) is 5.92 Å². The highest BCUT2D eigenvalue weighted by Crippen LogP contribution is 2.32. The van der Waals surface area contributed by atoms with E-state index in [-0.39, 0.29) is 0 Å². The van der Waals surface area contributed by atoms with E-state index in [4.69, 9.17) is 0 Å². The zero-order chi connectivity index (χ0) is 12.3. The summed E-state index contributed by atoms with van der Waals surface area (Å²) in [6.45, 7) is 5.24. The summed E-state index contributed by atoms with van der Waals surface area (Å²) < 4.78 is 0. The molecule has 0 aliphatic heterocycles. The van der Waals surface area contributed by atoms with Gasteiger partial charge in [0.15, 0.2) is 0 Å². The average molecular weight is 253 g/mol. The molecule has 3 heteroatoms. The van der Waals surface area contributed by atoms with Gasteiger partial charge in [0, 0.05) is 17.5 Å².